The van der Waals surface area contributed by atoms with Gasteiger partial charge in [-0.3, -0.25) is 58.6 Å². The van der Waals surface area contributed by atoms with Gasteiger partial charge < -0.3 is 25.8 Å². The molecular weight excluding hydrogens is 895 g/mol. The van der Waals surface area contributed by atoms with Gasteiger partial charge >= 0.3 is 0 Å². The Hall–Kier alpha value is -6.88. The second-order valence-corrected chi connectivity index (χ2v) is 20.3. The summed E-state index contributed by atoms with van der Waals surface area (Å²) in [6, 6.07) is 16.3. The third kappa shape index (κ3) is 10.8. The maximum Gasteiger partial charge on any atom is 0.292 e. The van der Waals surface area contributed by atoms with Crippen LogP contribution in [-0.4, -0.2) is 93.8 Å². The number of ketones is 2. The zero-order chi connectivity index (χ0) is 49.9. The maximum absolute atomic E-state index is 13.0. The first-order valence-electron chi connectivity index (χ1n) is 24.4. The van der Waals surface area contributed by atoms with Gasteiger partial charge in [0.1, 0.15) is 12.1 Å². The average molecular weight is 956 g/mol. The van der Waals surface area contributed by atoms with Gasteiger partial charge in [0.2, 0.25) is 35.2 Å². The number of Topliss-reactive ketones (excluding diaryl/α,β-unsaturated/α-hetero) is 2. The fourth-order valence-electron chi connectivity index (χ4n) is 10.7. The van der Waals surface area contributed by atoms with Gasteiger partial charge in [-0.15, -0.1) is 0 Å². The van der Waals surface area contributed by atoms with Crippen LogP contribution >= 0.6 is 0 Å². The lowest BCUT2D eigenvalue weighted by molar-refractivity contribution is -0.141. The number of piperidine rings is 3. The molecular formula is C53H61N7O10. The molecule has 0 aromatic heterocycles. The number of benzene rings is 3. The molecule has 368 valence electrons. The van der Waals surface area contributed by atoms with Crippen molar-refractivity contribution in [3.8, 4) is 0 Å². The van der Waals surface area contributed by atoms with Crippen LogP contribution in [0, 0.1) is 17.3 Å². The minimum atomic E-state index is -0.714. The molecule has 1 aliphatic carbocycles. The number of hydrogen-bond acceptors (Lipinski definition) is 11. The van der Waals surface area contributed by atoms with Crippen LogP contribution in [-0.2, 0) is 59.7 Å². The third-order valence-electron chi connectivity index (χ3n) is 15.0. The molecule has 17 nitrogen and oxygen atoms in total. The molecule has 3 saturated heterocycles. The minimum absolute atomic E-state index is 0.0807. The highest BCUT2D eigenvalue weighted by Gasteiger charge is 2.42. The van der Waals surface area contributed by atoms with E-state index in [4.69, 9.17) is 0 Å². The SMILES string of the molecule is CC(C)(C)C1CCC(C(=O)C(=O)NCc2cccc3c2CN(C2CCC(=O)NC2=O)C3=O)CC1.O=C1CCC(N2Cc3c(CNC(=O)C(=O)c4ccc(C5CCNCC5)cc4)cccc3C2=O)C(=O)N1. The number of amides is 8. The van der Waals surface area contributed by atoms with Crippen LogP contribution in [0.4, 0.5) is 0 Å². The molecule has 1 saturated carbocycles. The molecule has 5 aliphatic heterocycles. The molecule has 0 spiro atoms. The molecule has 0 radical (unpaired) electrons. The summed E-state index contributed by atoms with van der Waals surface area (Å²) >= 11 is 0. The topological polar surface area (TPSA) is 237 Å². The number of carbonyl (C=O) groups excluding carboxylic acids is 10. The number of carbonyl (C=O) groups is 10. The third-order valence-corrected chi connectivity index (χ3v) is 15.0. The molecule has 2 atom stereocenters. The van der Waals surface area contributed by atoms with E-state index in [1.807, 2.05) is 18.2 Å². The summed E-state index contributed by atoms with van der Waals surface area (Å²) in [6.07, 6.45) is 6.45. The summed E-state index contributed by atoms with van der Waals surface area (Å²) < 4.78 is 0. The van der Waals surface area contributed by atoms with Gasteiger partial charge in [-0.05, 0) is 122 Å². The van der Waals surface area contributed by atoms with Crippen molar-refractivity contribution < 1.29 is 47.9 Å². The molecule has 6 aliphatic rings. The fraction of sp³-hybridized carbons (Fsp3) is 0.472. The normalized spacial score (nSPS) is 22.6. The Bertz CT molecular complexity index is 2620. The van der Waals surface area contributed by atoms with E-state index in [-0.39, 0.29) is 86.2 Å². The van der Waals surface area contributed by atoms with Crippen LogP contribution in [0.2, 0.25) is 0 Å². The Morgan fingerprint density at radius 1 is 0.600 bits per heavy atom. The maximum atomic E-state index is 13.0. The number of nitrogens with one attached hydrogen (secondary N) is 5. The Morgan fingerprint density at radius 3 is 1.56 bits per heavy atom. The number of fused-ring (bicyclic) bond motifs is 2. The van der Waals surface area contributed by atoms with Crippen LogP contribution in [0.25, 0.3) is 0 Å². The molecule has 5 N–H and O–H groups in total. The second-order valence-electron chi connectivity index (χ2n) is 20.3. The Labute approximate surface area is 406 Å². The lowest BCUT2D eigenvalue weighted by Gasteiger charge is -2.36. The van der Waals surface area contributed by atoms with Crippen molar-refractivity contribution in [3.05, 3.63) is 105 Å². The molecule has 3 aromatic rings. The first-order valence-corrected chi connectivity index (χ1v) is 24.4. The van der Waals surface area contributed by atoms with Gasteiger partial charge in [0.05, 0.1) is 0 Å². The molecule has 70 heavy (non-hydrogen) atoms. The standard InChI is InChI=1S/C27H28N4O5.C26H33N3O5/c32-23-9-8-22(25(34)30-23)31-15-21-19(2-1-3-20(21)27(31)36)14-29-26(35)24(33)18-6-4-16(5-7-18)17-10-12-28-13-11-17;1-26(2,3)17-9-7-15(8-10-17)22(31)24(33)27-13-16-5-4-6-18-19(16)14-29(25(18)34)20-11-12-21(30)28-23(20)32/h1-7,17,22,28H,8-15H2,(H,29,35)(H,30,32,34);4-6,15,17,20H,7-14H2,1-3H3,(H,27,33)(H,28,30,32). The molecule has 9 rings (SSSR count). The van der Waals surface area contributed by atoms with Gasteiger partial charge in [-0.1, -0.05) is 69.3 Å². The predicted octanol–water partition coefficient (Wildman–Crippen LogP) is 3.90. The van der Waals surface area contributed by atoms with E-state index in [1.54, 1.807) is 42.5 Å². The Kier molecular flexibility index (Phi) is 14.9. The number of hydrogen-bond donors (Lipinski definition) is 5. The van der Waals surface area contributed by atoms with E-state index < -0.39 is 41.5 Å². The number of rotatable bonds is 11. The monoisotopic (exact) mass is 955 g/mol. The highest BCUT2D eigenvalue weighted by atomic mass is 16.2. The first-order chi connectivity index (χ1) is 33.5. The van der Waals surface area contributed by atoms with E-state index in [0.29, 0.717) is 46.1 Å². The van der Waals surface area contributed by atoms with Crippen molar-refractivity contribution in [1.29, 1.82) is 0 Å². The highest BCUT2D eigenvalue weighted by molar-refractivity contribution is 6.42. The molecule has 17 heteroatoms. The summed E-state index contributed by atoms with van der Waals surface area (Å²) in [4.78, 5) is 127. The molecule has 8 amide bonds. The molecule has 4 fully saturated rings. The summed E-state index contributed by atoms with van der Waals surface area (Å²) in [5.74, 6) is -3.61. The van der Waals surface area contributed by atoms with E-state index >= 15 is 0 Å². The zero-order valence-corrected chi connectivity index (χ0v) is 40.0. The van der Waals surface area contributed by atoms with Crippen molar-refractivity contribution >= 4 is 58.8 Å². The van der Waals surface area contributed by atoms with Crippen LogP contribution < -0.4 is 26.6 Å². The van der Waals surface area contributed by atoms with Crippen LogP contribution in [0.3, 0.4) is 0 Å². The van der Waals surface area contributed by atoms with E-state index in [1.165, 1.54) is 15.4 Å². The lowest BCUT2D eigenvalue weighted by atomic mass is 9.69. The Balaban J connectivity index is 0.000000189. The van der Waals surface area contributed by atoms with Gasteiger partial charge in [-0.25, -0.2) is 0 Å². The predicted molar refractivity (Wildman–Crippen MR) is 254 cm³/mol. The van der Waals surface area contributed by atoms with Crippen LogP contribution in [0.15, 0.2) is 60.7 Å². The zero-order valence-electron chi connectivity index (χ0n) is 40.0. The molecule has 2 unspecified atom stereocenters. The van der Waals surface area contributed by atoms with Crippen molar-refractivity contribution in [1.82, 2.24) is 36.4 Å². The molecule has 0 bridgehead atoms. The molecule has 3 aromatic carbocycles. The average Bonchev–Trinajstić information content (AvgIpc) is 3.88. The minimum Gasteiger partial charge on any atom is -0.345 e. The quantitative estimate of drug-likeness (QED) is 0.105. The van der Waals surface area contributed by atoms with Crippen molar-refractivity contribution in [2.45, 2.75) is 129 Å². The largest absolute Gasteiger partial charge is 0.345 e. The summed E-state index contributed by atoms with van der Waals surface area (Å²) in [5.41, 5.74) is 5.59. The Morgan fingerprint density at radius 2 is 1.09 bits per heavy atom. The lowest BCUT2D eigenvalue weighted by Crippen LogP contribution is -2.52. The van der Waals surface area contributed by atoms with E-state index in [2.05, 4.69) is 47.4 Å². The van der Waals surface area contributed by atoms with Crippen molar-refractivity contribution in [2.75, 3.05) is 13.1 Å². The number of imide groups is 2. The smallest absolute Gasteiger partial charge is 0.292 e. The second kappa shape index (κ2) is 21.0. The fourth-order valence-corrected chi connectivity index (χ4v) is 10.7. The van der Waals surface area contributed by atoms with Crippen molar-refractivity contribution in [3.63, 3.8) is 0 Å². The van der Waals surface area contributed by atoms with Gasteiger partial charge in [0.15, 0.2) is 0 Å². The van der Waals surface area contributed by atoms with Gasteiger partial charge in [0.25, 0.3) is 23.6 Å². The number of nitrogens with zero attached hydrogens (tertiary/aromatic N) is 2. The summed E-state index contributed by atoms with van der Waals surface area (Å²) in [7, 11) is 0. The van der Waals surface area contributed by atoms with Crippen LogP contribution in [0.5, 0.6) is 0 Å². The summed E-state index contributed by atoms with van der Waals surface area (Å²) in [6.45, 7) is 9.28. The van der Waals surface area contributed by atoms with Crippen molar-refractivity contribution in [2.24, 2.45) is 17.3 Å². The highest BCUT2D eigenvalue weighted by Crippen LogP contribution is 2.40. The van der Waals surface area contributed by atoms with E-state index in [9.17, 15) is 47.9 Å². The van der Waals surface area contributed by atoms with Gasteiger partial charge in [-0.2, -0.15) is 0 Å². The summed E-state index contributed by atoms with van der Waals surface area (Å²) in [5, 5.41) is 13.4. The van der Waals surface area contributed by atoms with E-state index in [0.717, 1.165) is 62.7 Å². The van der Waals surface area contributed by atoms with Gasteiger partial charge in [0, 0.05) is 61.6 Å². The molecule has 5 heterocycles. The first kappa shape index (κ1) is 49.5. The van der Waals surface area contributed by atoms with Crippen LogP contribution in [0.1, 0.15) is 150 Å².